The Morgan fingerprint density at radius 3 is 2.62 bits per heavy atom. The smallest absolute Gasteiger partial charge is 0.216 e. The van der Waals surface area contributed by atoms with Gasteiger partial charge in [-0.1, -0.05) is 13.8 Å². The molecule has 1 unspecified atom stereocenters. The van der Waals surface area contributed by atoms with Crippen LogP contribution in [0.15, 0.2) is 10.6 Å². The molecule has 0 aliphatic rings. The lowest BCUT2D eigenvalue weighted by molar-refractivity contribution is 0.453. The van der Waals surface area contributed by atoms with Crippen molar-refractivity contribution in [3.05, 3.63) is 34.7 Å². The molecule has 0 spiro atoms. The zero-order valence-electron chi connectivity index (χ0n) is 12.8. The average molecular weight is 285 g/mol. The molecule has 0 radical (unpaired) electrons. The fourth-order valence-electron chi connectivity index (χ4n) is 2.23. The van der Waals surface area contributed by atoms with Gasteiger partial charge < -0.3 is 9.73 Å². The van der Waals surface area contributed by atoms with E-state index in [2.05, 4.69) is 26.6 Å². The number of nitrogens with one attached hydrogen (secondary N) is 1. The molecule has 1 N–H and O–H groups in total. The Labute approximate surface area is 124 Å². The van der Waals surface area contributed by atoms with Gasteiger partial charge in [-0.25, -0.2) is 4.98 Å². The number of oxazole rings is 1. The van der Waals surface area contributed by atoms with Crippen molar-refractivity contribution in [3.8, 4) is 6.07 Å². The second kappa shape index (κ2) is 6.35. The number of nitrogens with zero attached hydrogens (tertiary/aromatic N) is 4. The Morgan fingerprint density at radius 1 is 1.33 bits per heavy atom. The third-order valence-corrected chi connectivity index (χ3v) is 3.32. The van der Waals surface area contributed by atoms with Crippen molar-refractivity contribution in [2.24, 2.45) is 0 Å². The number of rotatable bonds is 5. The van der Waals surface area contributed by atoms with Gasteiger partial charge in [-0.15, -0.1) is 5.10 Å². The molecule has 0 bridgehead atoms. The Hall–Kier alpha value is -2.42. The highest BCUT2D eigenvalue weighted by atomic mass is 16.4. The summed E-state index contributed by atoms with van der Waals surface area (Å²) < 4.78 is 5.49. The fraction of sp³-hybridized carbons (Fsp3) is 0.467. The summed E-state index contributed by atoms with van der Waals surface area (Å²) in [5, 5.41) is 21.0. The predicted molar refractivity (Wildman–Crippen MR) is 78.8 cm³/mol. The first-order chi connectivity index (χ1) is 10.1. The van der Waals surface area contributed by atoms with Crippen LogP contribution in [-0.2, 0) is 12.8 Å². The quantitative estimate of drug-likeness (QED) is 0.908. The molecule has 2 rings (SSSR count). The molecule has 6 heteroatoms. The summed E-state index contributed by atoms with van der Waals surface area (Å²) in [5.41, 5.74) is 2.38. The first-order valence-corrected chi connectivity index (χ1v) is 7.08. The molecule has 0 aliphatic carbocycles. The number of aromatic nitrogens is 3. The minimum atomic E-state index is -0.183. The highest BCUT2D eigenvalue weighted by molar-refractivity contribution is 5.57. The van der Waals surface area contributed by atoms with E-state index in [9.17, 15) is 5.26 Å². The number of hydrogen-bond donors (Lipinski definition) is 1. The molecule has 0 fully saturated rings. The highest BCUT2D eigenvalue weighted by Gasteiger charge is 2.18. The van der Waals surface area contributed by atoms with Crippen molar-refractivity contribution in [1.82, 2.24) is 15.2 Å². The van der Waals surface area contributed by atoms with Gasteiger partial charge in [0.1, 0.15) is 23.4 Å². The van der Waals surface area contributed by atoms with Crippen LogP contribution in [0.3, 0.4) is 0 Å². The van der Waals surface area contributed by atoms with Crippen molar-refractivity contribution >= 4 is 5.82 Å². The van der Waals surface area contributed by atoms with Gasteiger partial charge in [-0.05, 0) is 32.3 Å². The van der Waals surface area contributed by atoms with Crippen molar-refractivity contribution in [2.75, 3.05) is 5.32 Å². The maximum absolute atomic E-state index is 9.44. The number of anilines is 1. The lowest BCUT2D eigenvalue weighted by atomic mass is 10.0. The average Bonchev–Trinajstić information content (AvgIpc) is 2.93. The molecule has 0 amide bonds. The second-order valence-electron chi connectivity index (χ2n) is 4.84. The summed E-state index contributed by atoms with van der Waals surface area (Å²) in [6, 6.07) is 2.05. The molecular weight excluding hydrogens is 266 g/mol. The van der Waals surface area contributed by atoms with Gasteiger partial charge in [0.25, 0.3) is 0 Å². The number of nitriles is 1. The molecule has 1 atom stereocenters. The van der Waals surface area contributed by atoms with Crippen molar-refractivity contribution < 1.29 is 4.42 Å². The van der Waals surface area contributed by atoms with Crippen molar-refractivity contribution in [2.45, 2.75) is 46.6 Å². The van der Waals surface area contributed by atoms with E-state index in [1.54, 1.807) is 6.20 Å². The lowest BCUT2D eigenvalue weighted by Crippen LogP contribution is -2.13. The highest BCUT2D eigenvalue weighted by Crippen LogP contribution is 2.24. The SMILES string of the molecule is CCc1nnc(NC(C)c2ncc(C)o2)c(C#N)c1CC. The maximum Gasteiger partial charge on any atom is 0.216 e. The maximum atomic E-state index is 9.44. The molecule has 0 saturated carbocycles. The van der Waals surface area contributed by atoms with Crippen molar-refractivity contribution in [1.29, 1.82) is 5.26 Å². The summed E-state index contributed by atoms with van der Waals surface area (Å²) >= 11 is 0. The standard InChI is InChI=1S/C15H19N5O/c1-5-11-12(7-16)14(20-19-13(11)6-2)18-10(4)15-17-8-9(3)21-15/h8,10H,5-6H2,1-4H3,(H,18,20). The van der Waals surface area contributed by atoms with Crippen LogP contribution in [-0.4, -0.2) is 15.2 Å². The molecule has 0 aromatic carbocycles. The van der Waals surface area contributed by atoms with E-state index in [0.29, 0.717) is 17.3 Å². The van der Waals surface area contributed by atoms with E-state index in [1.165, 1.54) is 0 Å². The third-order valence-electron chi connectivity index (χ3n) is 3.32. The minimum absolute atomic E-state index is 0.183. The molecule has 21 heavy (non-hydrogen) atoms. The van der Waals surface area contributed by atoms with Crippen molar-refractivity contribution in [3.63, 3.8) is 0 Å². The lowest BCUT2D eigenvalue weighted by Gasteiger charge is -2.14. The van der Waals surface area contributed by atoms with Crippen LogP contribution >= 0.6 is 0 Å². The molecule has 110 valence electrons. The van der Waals surface area contributed by atoms with Crippen LogP contribution in [0.2, 0.25) is 0 Å². The minimum Gasteiger partial charge on any atom is -0.444 e. The van der Waals surface area contributed by atoms with Crippen LogP contribution in [0.4, 0.5) is 5.82 Å². The van der Waals surface area contributed by atoms with E-state index >= 15 is 0 Å². The van der Waals surface area contributed by atoms with Gasteiger partial charge in [-0.2, -0.15) is 10.4 Å². The molecule has 0 saturated heterocycles. The summed E-state index contributed by atoms with van der Waals surface area (Å²) in [7, 11) is 0. The monoisotopic (exact) mass is 285 g/mol. The molecular formula is C15H19N5O. The molecule has 2 aromatic rings. The summed E-state index contributed by atoms with van der Waals surface area (Å²) in [6.45, 7) is 7.78. The van der Waals surface area contributed by atoms with Crippen LogP contribution < -0.4 is 5.32 Å². The van der Waals surface area contributed by atoms with Crippen LogP contribution in [0.1, 0.15) is 55.3 Å². The summed E-state index contributed by atoms with van der Waals surface area (Å²) in [5.74, 6) is 1.80. The van der Waals surface area contributed by atoms with E-state index in [4.69, 9.17) is 4.42 Å². The number of aryl methyl sites for hydroxylation is 2. The third kappa shape index (κ3) is 3.02. The zero-order chi connectivity index (χ0) is 15.4. The van der Waals surface area contributed by atoms with Gasteiger partial charge in [0.15, 0.2) is 5.82 Å². The fourth-order valence-corrected chi connectivity index (χ4v) is 2.23. The van der Waals surface area contributed by atoms with E-state index in [-0.39, 0.29) is 6.04 Å². The Bertz CT molecular complexity index is 671. The molecule has 2 aromatic heterocycles. The van der Waals surface area contributed by atoms with Crippen LogP contribution in [0.5, 0.6) is 0 Å². The topological polar surface area (TPSA) is 87.6 Å². The predicted octanol–water partition coefficient (Wildman–Crippen LogP) is 2.94. The Kier molecular flexibility index (Phi) is 4.53. The normalized spacial score (nSPS) is 12.0. The van der Waals surface area contributed by atoms with Gasteiger partial charge in [0.05, 0.1) is 11.9 Å². The Balaban J connectivity index is 2.34. The number of hydrogen-bond acceptors (Lipinski definition) is 6. The van der Waals surface area contributed by atoms with Crippen LogP contribution in [0.25, 0.3) is 0 Å². The van der Waals surface area contributed by atoms with Gasteiger partial charge in [-0.3, -0.25) is 0 Å². The van der Waals surface area contributed by atoms with E-state index in [1.807, 2.05) is 27.7 Å². The zero-order valence-corrected chi connectivity index (χ0v) is 12.8. The van der Waals surface area contributed by atoms with Gasteiger partial charge in [0, 0.05) is 0 Å². The van der Waals surface area contributed by atoms with E-state index in [0.717, 1.165) is 29.9 Å². The van der Waals surface area contributed by atoms with E-state index < -0.39 is 0 Å². The summed E-state index contributed by atoms with van der Waals surface area (Å²) in [4.78, 5) is 4.18. The first kappa shape index (κ1) is 15.0. The summed E-state index contributed by atoms with van der Waals surface area (Å²) in [6.07, 6.45) is 3.18. The molecule has 6 nitrogen and oxygen atoms in total. The molecule has 0 aliphatic heterocycles. The largest absolute Gasteiger partial charge is 0.444 e. The van der Waals surface area contributed by atoms with Crippen LogP contribution in [0, 0.1) is 18.3 Å². The first-order valence-electron chi connectivity index (χ1n) is 7.08. The van der Waals surface area contributed by atoms with Gasteiger partial charge in [0.2, 0.25) is 5.89 Å². The molecule has 2 heterocycles. The van der Waals surface area contributed by atoms with Gasteiger partial charge >= 0.3 is 0 Å². The Morgan fingerprint density at radius 2 is 2.10 bits per heavy atom. The second-order valence-corrected chi connectivity index (χ2v) is 4.84.